The van der Waals surface area contributed by atoms with E-state index in [-0.39, 0.29) is 23.4 Å². The third-order valence-electron chi connectivity index (χ3n) is 4.95. The first kappa shape index (κ1) is 17.7. The number of hydrogen-bond donors (Lipinski definition) is 2. The highest BCUT2D eigenvalue weighted by molar-refractivity contribution is 7.10. The van der Waals surface area contributed by atoms with Gasteiger partial charge in [-0.1, -0.05) is 6.07 Å². The number of dihydropyridines is 1. The number of ketones is 1. The average molecular weight is 382 g/mol. The summed E-state index contributed by atoms with van der Waals surface area (Å²) < 4.78 is 13.1. The highest BCUT2D eigenvalue weighted by Gasteiger charge is 2.38. The molecule has 4 rings (SSSR count). The van der Waals surface area contributed by atoms with Crippen molar-refractivity contribution in [1.82, 2.24) is 5.32 Å². The van der Waals surface area contributed by atoms with Crippen molar-refractivity contribution in [1.29, 1.82) is 0 Å². The van der Waals surface area contributed by atoms with Gasteiger partial charge in [0.25, 0.3) is 5.91 Å². The van der Waals surface area contributed by atoms with Gasteiger partial charge in [0.15, 0.2) is 5.78 Å². The molecule has 2 N–H and O–H groups in total. The smallest absolute Gasteiger partial charge is 0.254 e. The van der Waals surface area contributed by atoms with Crippen molar-refractivity contribution in [3.05, 3.63) is 75.0 Å². The van der Waals surface area contributed by atoms with Crippen LogP contribution in [-0.4, -0.2) is 11.7 Å². The van der Waals surface area contributed by atoms with Crippen molar-refractivity contribution in [2.45, 2.75) is 32.1 Å². The van der Waals surface area contributed by atoms with Gasteiger partial charge in [-0.15, -0.1) is 11.3 Å². The minimum atomic E-state index is -0.366. The summed E-state index contributed by atoms with van der Waals surface area (Å²) in [5.41, 5.74) is 3.44. The van der Waals surface area contributed by atoms with Gasteiger partial charge in [0.2, 0.25) is 0 Å². The van der Waals surface area contributed by atoms with Gasteiger partial charge in [-0.3, -0.25) is 9.59 Å². The predicted octanol–water partition coefficient (Wildman–Crippen LogP) is 4.49. The number of carbonyl (C=O) groups is 2. The first-order chi connectivity index (χ1) is 13.0. The quantitative estimate of drug-likeness (QED) is 0.822. The Bertz CT molecular complexity index is 959. The number of Topliss-reactive ketones (excluding diaryl/α,β-unsaturated/α-hetero) is 1. The van der Waals surface area contributed by atoms with E-state index in [4.69, 9.17) is 0 Å². The largest absolute Gasteiger partial charge is 0.362 e. The van der Waals surface area contributed by atoms with Gasteiger partial charge in [0.05, 0.1) is 5.92 Å². The van der Waals surface area contributed by atoms with Crippen molar-refractivity contribution in [2.24, 2.45) is 0 Å². The first-order valence-electron chi connectivity index (χ1n) is 8.89. The molecule has 2 aliphatic rings. The second-order valence-corrected chi connectivity index (χ2v) is 7.72. The number of anilines is 1. The van der Waals surface area contributed by atoms with Gasteiger partial charge in [0, 0.05) is 39.5 Å². The fourth-order valence-electron chi connectivity index (χ4n) is 3.76. The molecule has 0 fully saturated rings. The monoisotopic (exact) mass is 382 g/mol. The average Bonchev–Trinajstić information content (AvgIpc) is 3.17. The number of hydrogen-bond acceptors (Lipinski definition) is 4. The fraction of sp³-hybridized carbons (Fsp3) is 0.238. The predicted molar refractivity (Wildman–Crippen MR) is 104 cm³/mol. The van der Waals surface area contributed by atoms with E-state index in [9.17, 15) is 14.0 Å². The van der Waals surface area contributed by atoms with Crippen LogP contribution in [0.3, 0.4) is 0 Å². The minimum absolute atomic E-state index is 0.0988. The highest BCUT2D eigenvalue weighted by Crippen LogP contribution is 2.43. The van der Waals surface area contributed by atoms with Crippen molar-refractivity contribution in [3.63, 3.8) is 0 Å². The number of halogens is 1. The van der Waals surface area contributed by atoms with Crippen LogP contribution in [0.1, 0.15) is 37.0 Å². The molecule has 138 valence electrons. The van der Waals surface area contributed by atoms with Crippen LogP contribution in [0.2, 0.25) is 0 Å². The lowest BCUT2D eigenvalue weighted by Crippen LogP contribution is -2.35. The molecule has 2 aromatic rings. The van der Waals surface area contributed by atoms with Crippen molar-refractivity contribution in [3.8, 4) is 0 Å². The summed E-state index contributed by atoms with van der Waals surface area (Å²) in [6, 6.07) is 9.55. The van der Waals surface area contributed by atoms with E-state index in [0.29, 0.717) is 23.3 Å². The number of nitrogens with one attached hydrogen (secondary N) is 2. The molecule has 27 heavy (non-hydrogen) atoms. The number of amides is 1. The summed E-state index contributed by atoms with van der Waals surface area (Å²) in [5, 5.41) is 8.08. The molecule has 0 saturated carbocycles. The third-order valence-corrected chi connectivity index (χ3v) is 5.89. The molecule has 0 spiro atoms. The Balaban J connectivity index is 1.74. The molecule has 1 aromatic carbocycles. The van der Waals surface area contributed by atoms with Crippen LogP contribution in [0.15, 0.2) is 64.3 Å². The maximum atomic E-state index is 13.1. The van der Waals surface area contributed by atoms with Gasteiger partial charge in [0.1, 0.15) is 5.82 Å². The molecule has 0 bridgehead atoms. The summed E-state index contributed by atoms with van der Waals surface area (Å²) in [7, 11) is 0. The molecular formula is C21H19FN2O2S. The van der Waals surface area contributed by atoms with Crippen LogP contribution in [0.4, 0.5) is 10.1 Å². The second-order valence-electron chi connectivity index (χ2n) is 6.74. The molecule has 2 heterocycles. The Morgan fingerprint density at radius 2 is 2.00 bits per heavy atom. The van der Waals surface area contributed by atoms with Crippen LogP contribution >= 0.6 is 11.3 Å². The molecule has 0 radical (unpaired) electrons. The SMILES string of the molecule is CC1=C(C(=O)Nc2ccc(F)cc2)C(c2cccs2)C2=C(CCCC2=O)N1. The number of allylic oxidation sites excluding steroid dienone is 3. The van der Waals surface area contributed by atoms with E-state index >= 15 is 0 Å². The number of benzene rings is 1. The Kier molecular flexibility index (Phi) is 4.66. The zero-order valence-corrected chi connectivity index (χ0v) is 15.7. The van der Waals surface area contributed by atoms with Crippen molar-refractivity contribution in [2.75, 3.05) is 5.32 Å². The van der Waals surface area contributed by atoms with E-state index < -0.39 is 0 Å². The summed E-state index contributed by atoms with van der Waals surface area (Å²) >= 11 is 1.54. The fourth-order valence-corrected chi connectivity index (χ4v) is 4.60. The lowest BCUT2D eigenvalue weighted by Gasteiger charge is -2.33. The second kappa shape index (κ2) is 7.12. The van der Waals surface area contributed by atoms with Gasteiger partial charge < -0.3 is 10.6 Å². The summed E-state index contributed by atoms with van der Waals surface area (Å²) in [4.78, 5) is 26.8. The maximum Gasteiger partial charge on any atom is 0.254 e. The van der Waals surface area contributed by atoms with Gasteiger partial charge in [-0.25, -0.2) is 4.39 Å². The summed E-state index contributed by atoms with van der Waals surface area (Å²) in [5.74, 6) is -0.909. The molecule has 0 saturated heterocycles. The van der Waals surface area contributed by atoms with E-state index in [0.717, 1.165) is 29.1 Å². The van der Waals surface area contributed by atoms with Crippen LogP contribution in [0, 0.1) is 5.82 Å². The van der Waals surface area contributed by atoms with Crippen LogP contribution in [-0.2, 0) is 9.59 Å². The first-order valence-corrected chi connectivity index (χ1v) is 9.77. The number of thiophene rings is 1. The normalized spacial score (nSPS) is 19.6. The zero-order chi connectivity index (χ0) is 19.0. The van der Waals surface area contributed by atoms with Gasteiger partial charge >= 0.3 is 0 Å². The lowest BCUT2D eigenvalue weighted by molar-refractivity contribution is -0.116. The highest BCUT2D eigenvalue weighted by atomic mass is 32.1. The molecule has 1 aliphatic heterocycles. The maximum absolute atomic E-state index is 13.1. The van der Waals surface area contributed by atoms with Gasteiger partial charge in [-0.05, 0) is 55.5 Å². The standard InChI is InChI=1S/C21H19FN2O2S/c1-12-18(21(26)24-14-9-7-13(22)8-10-14)20(17-6-3-11-27-17)19-15(23-12)4-2-5-16(19)25/h3,6-11,20,23H,2,4-5H2,1H3,(H,24,26). The topological polar surface area (TPSA) is 58.2 Å². The summed E-state index contributed by atoms with van der Waals surface area (Å²) in [6.45, 7) is 1.86. The Morgan fingerprint density at radius 1 is 1.22 bits per heavy atom. The van der Waals surface area contributed by atoms with E-state index in [1.54, 1.807) is 11.3 Å². The van der Waals surface area contributed by atoms with Crippen molar-refractivity contribution < 1.29 is 14.0 Å². The molecule has 1 aliphatic carbocycles. The molecule has 6 heteroatoms. The van der Waals surface area contributed by atoms with Gasteiger partial charge in [-0.2, -0.15) is 0 Å². The number of carbonyl (C=O) groups excluding carboxylic acids is 2. The Morgan fingerprint density at radius 3 is 2.70 bits per heavy atom. The molecule has 1 atom stereocenters. The number of rotatable bonds is 3. The molecule has 1 aromatic heterocycles. The van der Waals surface area contributed by atoms with Crippen LogP contribution in [0.5, 0.6) is 0 Å². The van der Waals surface area contributed by atoms with E-state index in [1.807, 2.05) is 24.4 Å². The zero-order valence-electron chi connectivity index (χ0n) is 14.8. The molecule has 1 amide bonds. The van der Waals surface area contributed by atoms with E-state index in [2.05, 4.69) is 10.6 Å². The Labute approximate surface area is 160 Å². The molecular weight excluding hydrogens is 363 g/mol. The summed E-state index contributed by atoms with van der Waals surface area (Å²) in [6.07, 6.45) is 2.15. The lowest BCUT2D eigenvalue weighted by atomic mass is 9.77. The molecule has 4 nitrogen and oxygen atoms in total. The minimum Gasteiger partial charge on any atom is -0.362 e. The van der Waals surface area contributed by atoms with Crippen LogP contribution in [0.25, 0.3) is 0 Å². The third kappa shape index (κ3) is 3.32. The van der Waals surface area contributed by atoms with Crippen molar-refractivity contribution >= 4 is 28.7 Å². The Hall–Kier alpha value is -2.73. The molecule has 1 unspecified atom stereocenters. The van der Waals surface area contributed by atoms with Crippen LogP contribution < -0.4 is 10.6 Å². The van der Waals surface area contributed by atoms with E-state index in [1.165, 1.54) is 24.3 Å².